The molecular weight excluding hydrogens is 392 g/mol. The molecule has 1 aromatic heterocycles. The number of hydrogen-bond donors (Lipinski definition) is 1. The molecule has 0 aliphatic carbocycles. The average molecular weight is 408 g/mol. The maximum Gasteiger partial charge on any atom is 0.124 e. The molecule has 1 heterocycles. The predicted octanol–water partition coefficient (Wildman–Crippen LogP) is 4.17. The normalized spacial score (nSPS) is 12.9. The molecule has 108 valence electrons. The number of nitrogens with zero attached hydrogens (tertiary/aromatic N) is 2. The van der Waals surface area contributed by atoms with Gasteiger partial charge in [0.15, 0.2) is 0 Å². The molecule has 0 spiro atoms. The van der Waals surface area contributed by atoms with E-state index in [-0.39, 0.29) is 17.9 Å². The summed E-state index contributed by atoms with van der Waals surface area (Å²) in [5.74, 6) is -0.239. The van der Waals surface area contributed by atoms with Gasteiger partial charge in [0, 0.05) is 9.61 Å². The van der Waals surface area contributed by atoms with Crippen molar-refractivity contribution in [2.24, 2.45) is 0 Å². The molecule has 6 heteroatoms. The summed E-state index contributed by atoms with van der Waals surface area (Å²) in [7, 11) is 1.86. The quantitative estimate of drug-likeness (QED) is 0.771. The van der Waals surface area contributed by atoms with Gasteiger partial charge in [0.05, 0.1) is 23.0 Å². The molecule has 2 aromatic rings. The Morgan fingerprint density at radius 1 is 1.40 bits per heavy atom. The van der Waals surface area contributed by atoms with Crippen molar-refractivity contribution in [1.29, 1.82) is 0 Å². The zero-order valence-corrected chi connectivity index (χ0v) is 14.4. The van der Waals surface area contributed by atoms with Gasteiger partial charge in [0.25, 0.3) is 0 Å². The lowest BCUT2D eigenvalue weighted by Gasteiger charge is -2.22. The Bertz CT molecular complexity index is 612. The van der Waals surface area contributed by atoms with Crippen molar-refractivity contribution in [2.75, 3.05) is 7.05 Å². The Balaban J connectivity index is 2.55. The number of nitrogens with one attached hydrogen (secondary N) is 1. The summed E-state index contributed by atoms with van der Waals surface area (Å²) < 4.78 is 16.0. The Morgan fingerprint density at radius 3 is 2.65 bits per heavy atom. The fourth-order valence-electron chi connectivity index (χ4n) is 2.21. The Labute approximate surface area is 136 Å². The molecule has 1 N–H and O–H groups in total. The lowest BCUT2D eigenvalue weighted by molar-refractivity contribution is 0.483. The van der Waals surface area contributed by atoms with Gasteiger partial charge in [-0.25, -0.2) is 4.39 Å². The first kappa shape index (κ1) is 15.7. The topological polar surface area (TPSA) is 29.9 Å². The van der Waals surface area contributed by atoms with E-state index < -0.39 is 0 Å². The van der Waals surface area contributed by atoms with Crippen molar-refractivity contribution >= 4 is 34.2 Å². The minimum atomic E-state index is -0.239. The van der Waals surface area contributed by atoms with E-state index in [2.05, 4.69) is 46.9 Å². The van der Waals surface area contributed by atoms with Gasteiger partial charge >= 0.3 is 0 Å². The number of benzene rings is 1. The summed E-state index contributed by atoms with van der Waals surface area (Å²) in [5, 5.41) is 8.18. The van der Waals surface area contributed by atoms with Crippen LogP contribution >= 0.6 is 34.2 Å². The van der Waals surface area contributed by atoms with Crippen molar-refractivity contribution < 1.29 is 4.39 Å². The van der Waals surface area contributed by atoms with Crippen LogP contribution in [0.5, 0.6) is 0 Å². The van der Waals surface area contributed by atoms with Crippen molar-refractivity contribution in [3.63, 3.8) is 0 Å². The minimum Gasteiger partial charge on any atom is -0.308 e. The fraction of sp³-hybridized carbons (Fsp3) is 0.357. The van der Waals surface area contributed by atoms with E-state index >= 15 is 0 Å². The molecule has 2 rings (SSSR count). The van der Waals surface area contributed by atoms with Crippen LogP contribution in [-0.4, -0.2) is 16.8 Å². The highest BCUT2D eigenvalue weighted by molar-refractivity contribution is 14.1. The van der Waals surface area contributed by atoms with Crippen LogP contribution in [-0.2, 0) is 0 Å². The number of aromatic nitrogens is 2. The second kappa shape index (κ2) is 6.41. The molecule has 0 aliphatic heterocycles. The Hall–Kier alpha value is -0.660. The van der Waals surface area contributed by atoms with Crippen molar-refractivity contribution in [3.8, 4) is 0 Å². The molecule has 3 nitrogen and oxygen atoms in total. The summed E-state index contributed by atoms with van der Waals surface area (Å²) in [6.07, 6.45) is 1.65. The lowest BCUT2D eigenvalue weighted by Crippen LogP contribution is -2.23. The number of hydrogen-bond acceptors (Lipinski definition) is 2. The van der Waals surface area contributed by atoms with Gasteiger partial charge in [-0.2, -0.15) is 5.10 Å². The molecule has 0 bridgehead atoms. The Kier molecular flexibility index (Phi) is 5.04. The molecule has 1 aromatic carbocycles. The number of halogens is 3. The molecule has 0 saturated heterocycles. The van der Waals surface area contributed by atoms with Crippen LogP contribution in [0.2, 0.25) is 5.02 Å². The van der Waals surface area contributed by atoms with Crippen LogP contribution in [0.1, 0.15) is 37.2 Å². The van der Waals surface area contributed by atoms with Gasteiger partial charge in [0.1, 0.15) is 5.82 Å². The van der Waals surface area contributed by atoms with Crippen LogP contribution in [0, 0.1) is 9.39 Å². The highest BCUT2D eigenvalue weighted by Gasteiger charge is 2.23. The lowest BCUT2D eigenvalue weighted by atomic mass is 10.0. The zero-order valence-electron chi connectivity index (χ0n) is 11.5. The number of rotatable bonds is 4. The first-order valence-corrected chi connectivity index (χ1v) is 7.76. The molecular formula is C14H16ClFIN3. The monoisotopic (exact) mass is 407 g/mol. The smallest absolute Gasteiger partial charge is 0.124 e. The van der Waals surface area contributed by atoms with Crippen molar-refractivity contribution in [1.82, 2.24) is 15.1 Å². The maximum absolute atomic E-state index is 13.3. The van der Waals surface area contributed by atoms with Crippen LogP contribution in [0.3, 0.4) is 0 Å². The third-order valence-electron chi connectivity index (χ3n) is 3.11. The van der Waals surface area contributed by atoms with Gasteiger partial charge in [-0.15, -0.1) is 0 Å². The molecule has 1 unspecified atom stereocenters. The highest BCUT2D eigenvalue weighted by atomic mass is 127. The molecule has 0 aliphatic rings. The van der Waals surface area contributed by atoms with E-state index in [1.807, 2.05) is 11.7 Å². The van der Waals surface area contributed by atoms with Crippen LogP contribution in [0.25, 0.3) is 0 Å². The second-order valence-corrected chi connectivity index (χ2v) is 6.37. The summed E-state index contributed by atoms with van der Waals surface area (Å²) in [4.78, 5) is 0. The third-order valence-corrected chi connectivity index (χ3v) is 4.34. The molecule has 0 saturated carbocycles. The van der Waals surface area contributed by atoms with Crippen molar-refractivity contribution in [2.45, 2.75) is 25.9 Å². The minimum absolute atomic E-state index is 0.125. The first-order chi connectivity index (χ1) is 9.45. The summed E-state index contributed by atoms with van der Waals surface area (Å²) in [6, 6.07) is 4.84. The largest absolute Gasteiger partial charge is 0.308 e. The van der Waals surface area contributed by atoms with E-state index in [4.69, 9.17) is 11.6 Å². The van der Waals surface area contributed by atoms with E-state index in [0.717, 1.165) is 14.8 Å². The SMILES string of the molecule is CNC(c1ccc(F)cc1I)c1c(Cl)cnn1C(C)C. The molecule has 1 atom stereocenters. The standard InChI is InChI=1S/C14H16ClFIN3/c1-8(2)20-14(11(15)7-19-20)13(18-3)10-5-4-9(16)6-12(10)17/h4-8,13,18H,1-3H3. The van der Waals surface area contributed by atoms with Crippen LogP contribution in [0.4, 0.5) is 4.39 Å². The van der Waals surface area contributed by atoms with E-state index in [0.29, 0.717) is 5.02 Å². The van der Waals surface area contributed by atoms with Crippen molar-refractivity contribution in [3.05, 3.63) is 50.1 Å². The molecule has 0 radical (unpaired) electrons. The average Bonchev–Trinajstić information content (AvgIpc) is 2.75. The molecule has 0 fully saturated rings. The highest BCUT2D eigenvalue weighted by Crippen LogP contribution is 2.32. The van der Waals surface area contributed by atoms with Crippen LogP contribution in [0.15, 0.2) is 24.4 Å². The molecule has 20 heavy (non-hydrogen) atoms. The van der Waals surface area contributed by atoms with E-state index in [9.17, 15) is 4.39 Å². The van der Waals surface area contributed by atoms with Gasteiger partial charge in [0.2, 0.25) is 0 Å². The summed E-state index contributed by atoms with van der Waals surface area (Å²) in [6.45, 7) is 4.10. The van der Waals surface area contributed by atoms with Gasteiger partial charge < -0.3 is 5.32 Å². The third kappa shape index (κ3) is 2.99. The maximum atomic E-state index is 13.3. The predicted molar refractivity (Wildman–Crippen MR) is 87.6 cm³/mol. The van der Waals surface area contributed by atoms with Gasteiger partial charge in [-0.05, 0) is 61.2 Å². The first-order valence-electron chi connectivity index (χ1n) is 6.30. The summed E-state index contributed by atoms with van der Waals surface area (Å²) in [5.41, 5.74) is 1.88. The fourth-order valence-corrected chi connectivity index (χ4v) is 3.24. The summed E-state index contributed by atoms with van der Waals surface area (Å²) >= 11 is 8.43. The van der Waals surface area contributed by atoms with E-state index in [1.54, 1.807) is 12.3 Å². The van der Waals surface area contributed by atoms with Crippen LogP contribution < -0.4 is 5.32 Å². The van der Waals surface area contributed by atoms with Gasteiger partial charge in [-0.1, -0.05) is 17.7 Å². The molecule has 0 amide bonds. The second-order valence-electron chi connectivity index (χ2n) is 4.80. The van der Waals surface area contributed by atoms with E-state index in [1.165, 1.54) is 12.1 Å². The zero-order chi connectivity index (χ0) is 14.9. The van der Waals surface area contributed by atoms with Gasteiger partial charge in [-0.3, -0.25) is 4.68 Å². The Morgan fingerprint density at radius 2 is 2.10 bits per heavy atom.